The Morgan fingerprint density at radius 3 is 2.45 bits per heavy atom. The summed E-state index contributed by atoms with van der Waals surface area (Å²) in [6.45, 7) is 17.8. The molecule has 4 heterocycles. The summed E-state index contributed by atoms with van der Waals surface area (Å²) in [5.74, 6) is -0.682. The Bertz CT molecular complexity index is 1470. The topological polar surface area (TPSA) is 118 Å². The predicted molar refractivity (Wildman–Crippen MR) is 170 cm³/mol. The van der Waals surface area contributed by atoms with Gasteiger partial charge in [0.25, 0.3) is 5.91 Å². The number of amides is 3. The highest BCUT2D eigenvalue weighted by molar-refractivity contribution is 6.76. The van der Waals surface area contributed by atoms with Crippen LogP contribution in [-0.2, 0) is 38.7 Å². The van der Waals surface area contributed by atoms with Gasteiger partial charge in [-0.3, -0.25) is 28.5 Å². The quantitative estimate of drug-likeness (QED) is 0.269. The van der Waals surface area contributed by atoms with Crippen LogP contribution < -0.4 is 11.0 Å². The number of imide groups is 1. The van der Waals surface area contributed by atoms with Gasteiger partial charge in [0.05, 0.1) is 17.6 Å². The third kappa shape index (κ3) is 7.11. The Balaban J connectivity index is 1.50. The van der Waals surface area contributed by atoms with Crippen LogP contribution in [0.5, 0.6) is 0 Å². The minimum Gasteiger partial charge on any atom is -0.444 e. The molecule has 3 amide bonds. The number of rotatable bonds is 8. The second kappa shape index (κ2) is 12.8. The lowest BCUT2D eigenvalue weighted by Crippen LogP contribution is -2.48. The van der Waals surface area contributed by atoms with E-state index in [1.807, 2.05) is 32.9 Å². The lowest BCUT2D eigenvalue weighted by molar-refractivity contribution is -0.157. The Morgan fingerprint density at radius 2 is 1.77 bits per heavy atom. The average Bonchev–Trinajstić information content (AvgIpc) is 3.08. The van der Waals surface area contributed by atoms with Crippen molar-refractivity contribution in [3.63, 3.8) is 0 Å². The van der Waals surface area contributed by atoms with Gasteiger partial charge in [-0.25, -0.2) is 9.59 Å². The molecule has 0 bridgehead atoms. The number of hydrogen-bond acceptors (Lipinski definition) is 8. The molecule has 2 aromatic rings. The van der Waals surface area contributed by atoms with E-state index < -0.39 is 31.7 Å². The van der Waals surface area contributed by atoms with Gasteiger partial charge in [-0.05, 0) is 44.9 Å². The van der Waals surface area contributed by atoms with E-state index in [0.717, 1.165) is 48.9 Å². The summed E-state index contributed by atoms with van der Waals surface area (Å²) in [5.41, 5.74) is 2.38. The summed E-state index contributed by atoms with van der Waals surface area (Å²) < 4.78 is 14.8. The van der Waals surface area contributed by atoms with Crippen LogP contribution in [0.4, 0.5) is 4.79 Å². The van der Waals surface area contributed by atoms with Crippen LogP contribution in [0.15, 0.2) is 16.9 Å². The SMILES string of the molecule is CC(C)(C)OC(=O)N1CCn2c(=O)n(C3CCC(=O)N(COCC[Si](C)(C)C)C3=O)c3ccc(CN4CCNCC4)c(c32)C1. The van der Waals surface area contributed by atoms with Crippen molar-refractivity contribution in [2.24, 2.45) is 0 Å². The molecular formula is C31H48N6O6Si. The molecule has 0 aliphatic carbocycles. The fourth-order valence-electron chi connectivity index (χ4n) is 6.14. The molecule has 44 heavy (non-hydrogen) atoms. The van der Waals surface area contributed by atoms with E-state index in [2.05, 4.69) is 29.9 Å². The van der Waals surface area contributed by atoms with Crippen molar-refractivity contribution in [1.82, 2.24) is 29.2 Å². The molecule has 2 saturated heterocycles. The molecule has 1 N–H and O–H groups in total. The van der Waals surface area contributed by atoms with Gasteiger partial charge in [-0.2, -0.15) is 0 Å². The highest BCUT2D eigenvalue weighted by Crippen LogP contribution is 2.32. The summed E-state index contributed by atoms with van der Waals surface area (Å²) in [5, 5.41) is 3.39. The maximum atomic E-state index is 14.2. The number of piperazine rings is 1. The number of ether oxygens (including phenoxy) is 2. The largest absolute Gasteiger partial charge is 0.444 e. The lowest BCUT2D eigenvalue weighted by atomic mass is 10.0. The number of imidazole rings is 1. The third-order valence-corrected chi connectivity index (χ3v) is 10.2. The first kappa shape index (κ1) is 32.4. The number of carbonyl (C=O) groups excluding carboxylic acids is 3. The molecule has 0 saturated carbocycles. The first-order chi connectivity index (χ1) is 20.7. The minimum absolute atomic E-state index is 0.100. The van der Waals surface area contributed by atoms with Gasteiger partial charge in [0.1, 0.15) is 18.4 Å². The van der Waals surface area contributed by atoms with Crippen LogP contribution in [0, 0.1) is 0 Å². The summed E-state index contributed by atoms with van der Waals surface area (Å²) in [4.78, 5) is 59.2. The zero-order valence-corrected chi connectivity index (χ0v) is 28.1. The number of aromatic nitrogens is 2. The Kier molecular flexibility index (Phi) is 9.41. The van der Waals surface area contributed by atoms with Crippen LogP contribution in [0.25, 0.3) is 11.0 Å². The van der Waals surface area contributed by atoms with E-state index in [-0.39, 0.29) is 37.7 Å². The van der Waals surface area contributed by atoms with Gasteiger partial charge in [-0.15, -0.1) is 0 Å². The molecule has 0 radical (unpaired) electrons. The van der Waals surface area contributed by atoms with E-state index in [9.17, 15) is 19.2 Å². The van der Waals surface area contributed by atoms with Crippen LogP contribution in [0.1, 0.15) is 50.8 Å². The molecule has 5 rings (SSSR count). The molecule has 12 nitrogen and oxygen atoms in total. The van der Waals surface area contributed by atoms with Gasteiger partial charge >= 0.3 is 11.8 Å². The molecule has 1 aromatic heterocycles. The second-order valence-corrected chi connectivity index (χ2v) is 20.0. The van der Waals surface area contributed by atoms with E-state index in [0.29, 0.717) is 31.8 Å². The zero-order chi connectivity index (χ0) is 31.8. The molecule has 2 fully saturated rings. The number of piperidine rings is 1. The molecule has 3 aliphatic rings. The molecule has 1 aromatic carbocycles. The number of likely N-dealkylation sites (tertiary alicyclic amines) is 1. The van der Waals surface area contributed by atoms with E-state index in [1.165, 1.54) is 4.90 Å². The minimum atomic E-state index is -1.33. The molecule has 242 valence electrons. The Hall–Kier alpha value is -3.00. The maximum absolute atomic E-state index is 14.2. The molecular weight excluding hydrogens is 580 g/mol. The third-order valence-electron chi connectivity index (χ3n) is 8.53. The maximum Gasteiger partial charge on any atom is 0.410 e. The number of hydrogen-bond donors (Lipinski definition) is 1. The number of nitrogens with one attached hydrogen (secondary N) is 1. The van der Waals surface area contributed by atoms with E-state index in [4.69, 9.17) is 9.47 Å². The van der Waals surface area contributed by atoms with Crippen molar-refractivity contribution < 1.29 is 23.9 Å². The number of nitrogens with zero attached hydrogens (tertiary/aromatic N) is 5. The normalized spacial score (nSPS) is 20.4. The lowest BCUT2D eigenvalue weighted by Gasteiger charge is -2.31. The summed E-state index contributed by atoms with van der Waals surface area (Å²) in [6.07, 6.45) is -0.00325. The van der Waals surface area contributed by atoms with Crippen molar-refractivity contribution in [3.8, 4) is 0 Å². The monoisotopic (exact) mass is 628 g/mol. The fraction of sp³-hybridized carbons (Fsp3) is 0.677. The van der Waals surface area contributed by atoms with Crippen LogP contribution in [0.3, 0.4) is 0 Å². The van der Waals surface area contributed by atoms with Crippen molar-refractivity contribution in [1.29, 1.82) is 0 Å². The molecule has 1 atom stereocenters. The summed E-state index contributed by atoms with van der Waals surface area (Å²) in [6, 6.07) is 4.07. The van der Waals surface area contributed by atoms with Crippen LogP contribution >= 0.6 is 0 Å². The molecule has 0 spiro atoms. The number of benzene rings is 1. The van der Waals surface area contributed by atoms with Gasteiger partial charge < -0.3 is 19.7 Å². The second-order valence-electron chi connectivity index (χ2n) is 14.4. The first-order valence-corrected chi connectivity index (χ1v) is 19.5. The summed E-state index contributed by atoms with van der Waals surface area (Å²) in [7, 11) is -1.33. The standard InChI is InChI=1S/C31H48N6O6Si/c1-31(2,3)43-30(41)34-15-16-35-27-23(20-34)22(19-33-13-11-32-12-14-33)7-8-24(27)37(29(35)40)25-9-10-26(38)36(28(25)39)21-42-17-18-44(4,5)6/h7-8,25,32H,9-21H2,1-6H3. The van der Waals surface area contributed by atoms with Gasteiger partial charge in [0, 0.05) is 72.5 Å². The molecule has 3 aliphatic heterocycles. The van der Waals surface area contributed by atoms with E-state index in [1.54, 1.807) is 14.0 Å². The molecule has 1 unspecified atom stereocenters. The smallest absolute Gasteiger partial charge is 0.410 e. The van der Waals surface area contributed by atoms with Gasteiger partial charge in [0.2, 0.25) is 5.91 Å². The summed E-state index contributed by atoms with van der Waals surface area (Å²) >= 11 is 0. The van der Waals surface area contributed by atoms with Crippen LogP contribution in [-0.4, -0.2) is 101 Å². The zero-order valence-electron chi connectivity index (χ0n) is 27.1. The van der Waals surface area contributed by atoms with Crippen LogP contribution in [0.2, 0.25) is 25.7 Å². The Morgan fingerprint density at radius 1 is 1.05 bits per heavy atom. The average molecular weight is 629 g/mol. The van der Waals surface area contributed by atoms with Crippen molar-refractivity contribution in [2.75, 3.05) is 46.1 Å². The Labute approximate surface area is 260 Å². The predicted octanol–water partition coefficient (Wildman–Crippen LogP) is 2.96. The van der Waals surface area contributed by atoms with Crippen molar-refractivity contribution in [3.05, 3.63) is 33.7 Å². The molecule has 13 heteroatoms. The highest BCUT2D eigenvalue weighted by Gasteiger charge is 2.39. The van der Waals surface area contributed by atoms with Gasteiger partial charge in [0.15, 0.2) is 0 Å². The van der Waals surface area contributed by atoms with Gasteiger partial charge in [-0.1, -0.05) is 25.7 Å². The van der Waals surface area contributed by atoms with Crippen molar-refractivity contribution in [2.45, 2.75) is 90.6 Å². The van der Waals surface area contributed by atoms with E-state index >= 15 is 0 Å². The first-order valence-electron chi connectivity index (χ1n) is 15.8. The highest BCUT2D eigenvalue weighted by atomic mass is 28.3. The number of carbonyl (C=O) groups is 3. The van der Waals surface area contributed by atoms with Crippen molar-refractivity contribution >= 4 is 37.0 Å². The fourth-order valence-corrected chi connectivity index (χ4v) is 6.89.